The van der Waals surface area contributed by atoms with Crippen LogP contribution in [0.4, 0.5) is 18.0 Å². The van der Waals surface area contributed by atoms with Crippen LogP contribution in [0, 0.1) is 29.3 Å². The molecular weight excluding hydrogens is 319 g/mol. The third-order valence-electron chi connectivity index (χ3n) is 2.99. The zero-order chi connectivity index (χ0) is 17.4. The van der Waals surface area contributed by atoms with E-state index >= 15 is 0 Å². The van der Waals surface area contributed by atoms with Gasteiger partial charge in [-0.3, -0.25) is 0 Å². The lowest BCUT2D eigenvalue weighted by molar-refractivity contribution is 0.140. The Bertz CT molecular complexity index is 767. The molecule has 0 saturated carbocycles. The van der Waals surface area contributed by atoms with E-state index in [0.29, 0.717) is 0 Å². The van der Waals surface area contributed by atoms with E-state index in [1.54, 1.807) is 0 Å². The van der Waals surface area contributed by atoms with Gasteiger partial charge in [-0.2, -0.15) is 0 Å². The Morgan fingerprint density at radius 3 is 2.54 bits per heavy atom. The number of amides is 1. The first-order chi connectivity index (χ1) is 11.6. The normalized spacial score (nSPS) is 9.79. The molecule has 3 nitrogen and oxygen atoms in total. The molecule has 124 valence electrons. The minimum Gasteiger partial charge on any atom is -0.445 e. The van der Waals surface area contributed by atoms with Crippen molar-refractivity contribution in [3.8, 4) is 11.8 Å². The third kappa shape index (κ3) is 5.06. The summed E-state index contributed by atoms with van der Waals surface area (Å²) >= 11 is 0. The molecule has 2 aromatic carbocycles. The summed E-state index contributed by atoms with van der Waals surface area (Å²) in [4.78, 5) is 11.5. The molecule has 1 N–H and O–H groups in total. The molecule has 0 heterocycles. The number of ether oxygens (including phenoxy) is 1. The predicted molar refractivity (Wildman–Crippen MR) is 82.4 cm³/mol. The Kier molecular flexibility index (Phi) is 6.26. The van der Waals surface area contributed by atoms with Crippen LogP contribution in [0.25, 0.3) is 0 Å². The fourth-order valence-corrected chi connectivity index (χ4v) is 1.78. The summed E-state index contributed by atoms with van der Waals surface area (Å²) < 4.78 is 44.1. The molecule has 0 aliphatic rings. The highest BCUT2D eigenvalue weighted by Crippen LogP contribution is 2.13. The van der Waals surface area contributed by atoms with Crippen molar-refractivity contribution in [2.24, 2.45) is 0 Å². The summed E-state index contributed by atoms with van der Waals surface area (Å²) in [5.41, 5.74) is 0.627. The number of carbonyl (C=O) groups excluding carboxylic acids is 1. The minimum absolute atomic E-state index is 0.151. The van der Waals surface area contributed by atoms with E-state index in [9.17, 15) is 18.0 Å². The van der Waals surface area contributed by atoms with Crippen LogP contribution in [-0.4, -0.2) is 12.6 Å². The van der Waals surface area contributed by atoms with Crippen molar-refractivity contribution in [1.29, 1.82) is 0 Å². The first-order valence-electron chi connectivity index (χ1n) is 7.15. The summed E-state index contributed by atoms with van der Waals surface area (Å²) in [6, 6.07) is 11.1. The van der Waals surface area contributed by atoms with Crippen molar-refractivity contribution in [3.63, 3.8) is 0 Å². The molecule has 24 heavy (non-hydrogen) atoms. The largest absolute Gasteiger partial charge is 0.445 e. The fraction of sp³-hybridized carbons (Fsp3) is 0.167. The summed E-state index contributed by atoms with van der Waals surface area (Å²) in [5.74, 6) is 0.822. The van der Waals surface area contributed by atoms with Crippen molar-refractivity contribution >= 4 is 6.09 Å². The van der Waals surface area contributed by atoms with Crippen molar-refractivity contribution in [2.45, 2.75) is 13.0 Å². The zero-order valence-corrected chi connectivity index (χ0v) is 12.6. The number of hydrogen-bond donors (Lipinski definition) is 1. The molecule has 0 atom stereocenters. The second kappa shape index (κ2) is 8.63. The van der Waals surface area contributed by atoms with Crippen LogP contribution in [0.3, 0.4) is 0 Å². The molecule has 0 radical (unpaired) electrons. The van der Waals surface area contributed by atoms with Gasteiger partial charge in [0, 0.05) is 13.0 Å². The lowest BCUT2D eigenvalue weighted by atomic mass is 10.2. The maximum atomic E-state index is 13.4. The van der Waals surface area contributed by atoms with E-state index in [4.69, 9.17) is 4.74 Å². The van der Waals surface area contributed by atoms with Crippen LogP contribution >= 0.6 is 0 Å². The van der Waals surface area contributed by atoms with Gasteiger partial charge in [-0.15, -0.1) is 0 Å². The highest BCUT2D eigenvalue weighted by Gasteiger charge is 2.11. The number of halogens is 3. The lowest BCUT2D eigenvalue weighted by Gasteiger charge is -2.05. The van der Waals surface area contributed by atoms with Crippen LogP contribution < -0.4 is 5.32 Å². The first kappa shape index (κ1) is 17.4. The number of nitrogens with one attached hydrogen (secondary N) is 1. The molecule has 0 aromatic heterocycles. The molecule has 6 heteroatoms. The van der Waals surface area contributed by atoms with Gasteiger partial charge < -0.3 is 10.1 Å². The average molecular weight is 333 g/mol. The molecule has 1 amide bonds. The summed E-state index contributed by atoms with van der Waals surface area (Å²) in [5, 5.41) is 2.48. The number of benzene rings is 2. The Morgan fingerprint density at radius 1 is 1.04 bits per heavy atom. The van der Waals surface area contributed by atoms with Crippen LogP contribution in [0.2, 0.25) is 0 Å². The standard InChI is InChI=1S/C18H14F3NO2/c19-15-10-9-14(16(20)17(15)21)8-4-5-11-22-18(23)24-12-13-6-2-1-3-7-13/h1-3,6-7,9-10H,5,11-12H2,(H,22,23). The van der Waals surface area contributed by atoms with E-state index in [0.717, 1.165) is 17.7 Å². The van der Waals surface area contributed by atoms with E-state index in [1.807, 2.05) is 30.3 Å². The second-order valence-electron chi connectivity index (χ2n) is 4.76. The summed E-state index contributed by atoms with van der Waals surface area (Å²) in [6.07, 6.45) is -0.390. The van der Waals surface area contributed by atoms with Gasteiger partial charge in [0.05, 0.1) is 5.56 Å². The van der Waals surface area contributed by atoms with Crippen molar-refractivity contribution in [3.05, 3.63) is 71.0 Å². The van der Waals surface area contributed by atoms with Crippen LogP contribution in [-0.2, 0) is 11.3 Å². The maximum Gasteiger partial charge on any atom is 0.407 e. The molecule has 2 rings (SSSR count). The highest BCUT2D eigenvalue weighted by atomic mass is 19.2. The first-order valence-corrected chi connectivity index (χ1v) is 7.15. The van der Waals surface area contributed by atoms with Gasteiger partial charge in [0.2, 0.25) is 0 Å². The highest BCUT2D eigenvalue weighted by molar-refractivity contribution is 5.67. The summed E-state index contributed by atoms with van der Waals surface area (Å²) in [7, 11) is 0. The van der Waals surface area contributed by atoms with Gasteiger partial charge >= 0.3 is 6.09 Å². The van der Waals surface area contributed by atoms with Gasteiger partial charge in [0.15, 0.2) is 17.5 Å². The Hall–Kier alpha value is -2.94. The maximum absolute atomic E-state index is 13.4. The second-order valence-corrected chi connectivity index (χ2v) is 4.76. The van der Waals surface area contributed by atoms with Crippen LogP contribution in [0.1, 0.15) is 17.5 Å². The topological polar surface area (TPSA) is 38.3 Å². The molecule has 0 aliphatic heterocycles. The molecular formula is C18H14F3NO2. The molecule has 0 aliphatic carbocycles. The molecule has 0 bridgehead atoms. The number of hydrogen-bond acceptors (Lipinski definition) is 2. The quantitative estimate of drug-likeness (QED) is 0.525. The molecule has 2 aromatic rings. The van der Waals surface area contributed by atoms with E-state index in [-0.39, 0.29) is 25.1 Å². The van der Waals surface area contributed by atoms with Gasteiger partial charge in [-0.05, 0) is 17.7 Å². The predicted octanol–water partition coefficient (Wildman–Crippen LogP) is 3.77. The summed E-state index contributed by atoms with van der Waals surface area (Å²) in [6.45, 7) is 0.338. The number of rotatable bonds is 4. The SMILES string of the molecule is O=C(NCCC#Cc1ccc(F)c(F)c1F)OCc1ccccc1. The molecule has 0 unspecified atom stereocenters. The molecule has 0 spiro atoms. The van der Waals surface area contributed by atoms with E-state index < -0.39 is 23.5 Å². The average Bonchev–Trinajstić information content (AvgIpc) is 2.60. The monoisotopic (exact) mass is 333 g/mol. The number of alkyl carbamates (subject to hydrolysis) is 1. The lowest BCUT2D eigenvalue weighted by Crippen LogP contribution is -2.24. The smallest absolute Gasteiger partial charge is 0.407 e. The van der Waals surface area contributed by atoms with Gasteiger partial charge in [0.25, 0.3) is 0 Å². The Balaban J connectivity index is 1.73. The molecule has 0 saturated heterocycles. The molecule has 0 fully saturated rings. The van der Waals surface area contributed by atoms with Crippen molar-refractivity contribution in [2.75, 3.05) is 6.54 Å². The van der Waals surface area contributed by atoms with E-state index in [1.165, 1.54) is 0 Å². The van der Waals surface area contributed by atoms with Gasteiger partial charge in [-0.25, -0.2) is 18.0 Å². The van der Waals surface area contributed by atoms with Crippen molar-refractivity contribution < 1.29 is 22.7 Å². The Morgan fingerprint density at radius 2 is 1.79 bits per heavy atom. The number of carbonyl (C=O) groups is 1. The minimum atomic E-state index is -1.55. The third-order valence-corrected chi connectivity index (χ3v) is 2.99. The van der Waals surface area contributed by atoms with E-state index in [2.05, 4.69) is 17.2 Å². The van der Waals surface area contributed by atoms with Gasteiger partial charge in [-0.1, -0.05) is 42.2 Å². The van der Waals surface area contributed by atoms with Crippen LogP contribution in [0.5, 0.6) is 0 Å². The van der Waals surface area contributed by atoms with Gasteiger partial charge in [0.1, 0.15) is 6.61 Å². The zero-order valence-electron chi connectivity index (χ0n) is 12.6. The Labute approximate surface area is 137 Å². The fourth-order valence-electron chi connectivity index (χ4n) is 1.78. The van der Waals surface area contributed by atoms with Crippen LogP contribution in [0.15, 0.2) is 42.5 Å². The van der Waals surface area contributed by atoms with Crippen molar-refractivity contribution in [1.82, 2.24) is 5.32 Å².